The van der Waals surface area contributed by atoms with Gasteiger partial charge in [0.25, 0.3) is 0 Å². The Bertz CT molecular complexity index is 1500. The highest BCUT2D eigenvalue weighted by atomic mass is 19.4. The summed E-state index contributed by atoms with van der Waals surface area (Å²) in [6, 6.07) is 14.9. The number of halogens is 3. The minimum Gasteiger partial charge on any atom is -0.480 e. The number of alkyl halides is 3. The van der Waals surface area contributed by atoms with Crippen LogP contribution in [0.2, 0.25) is 0 Å². The number of carbonyl (C=O) groups excluding carboxylic acids is 3. The maximum absolute atomic E-state index is 13.1. The molecule has 220 valence electrons. The third-order valence-corrected chi connectivity index (χ3v) is 7.11. The molecular formula is C31H30F3N3O5. The fraction of sp³-hybridized carbons (Fsp3) is 0.290. The first-order valence-corrected chi connectivity index (χ1v) is 13.4. The number of urea groups is 1. The number of Topliss-reactive ketones (excluding diaryl/α,β-unsaturated/α-hetero) is 1. The average molecular weight is 582 g/mol. The highest BCUT2D eigenvalue weighted by molar-refractivity contribution is 6.03. The van der Waals surface area contributed by atoms with Crippen molar-refractivity contribution in [3.05, 3.63) is 83.4 Å². The Morgan fingerprint density at radius 2 is 1.60 bits per heavy atom. The van der Waals surface area contributed by atoms with E-state index in [-0.39, 0.29) is 23.8 Å². The third-order valence-electron chi connectivity index (χ3n) is 7.11. The van der Waals surface area contributed by atoms with E-state index in [1.807, 2.05) is 6.07 Å². The van der Waals surface area contributed by atoms with Crippen molar-refractivity contribution in [1.82, 2.24) is 5.32 Å². The van der Waals surface area contributed by atoms with Gasteiger partial charge in [0.2, 0.25) is 5.91 Å². The van der Waals surface area contributed by atoms with Crippen molar-refractivity contribution < 1.29 is 37.5 Å². The Balaban J connectivity index is 1.37. The lowest BCUT2D eigenvalue weighted by Gasteiger charge is -2.25. The van der Waals surface area contributed by atoms with Gasteiger partial charge in [-0.25, -0.2) is 9.59 Å². The number of hydrogen-bond acceptors (Lipinski definition) is 4. The number of carboxylic acid groups (broad SMARTS) is 1. The van der Waals surface area contributed by atoms with Gasteiger partial charge >= 0.3 is 18.2 Å². The van der Waals surface area contributed by atoms with Crippen LogP contribution in [0.1, 0.15) is 48.2 Å². The van der Waals surface area contributed by atoms with Gasteiger partial charge in [-0.15, -0.1) is 0 Å². The number of fused-ring (bicyclic) bond motifs is 1. The maximum Gasteiger partial charge on any atom is 0.416 e. The fourth-order valence-corrected chi connectivity index (χ4v) is 4.88. The minimum atomic E-state index is -4.52. The summed E-state index contributed by atoms with van der Waals surface area (Å²) in [7, 11) is 0. The highest BCUT2D eigenvalue weighted by Gasteiger charge is 2.32. The van der Waals surface area contributed by atoms with E-state index in [0.717, 1.165) is 28.8 Å². The molecule has 2 atom stereocenters. The molecule has 1 aliphatic rings. The first-order chi connectivity index (χ1) is 19.8. The maximum atomic E-state index is 13.1. The summed E-state index contributed by atoms with van der Waals surface area (Å²) in [6.07, 6.45) is -3.56. The van der Waals surface area contributed by atoms with Gasteiger partial charge in [-0.3, -0.25) is 9.59 Å². The summed E-state index contributed by atoms with van der Waals surface area (Å²) in [5, 5.41) is 16.8. The average Bonchev–Trinajstić information content (AvgIpc) is 2.93. The number of aliphatic carboxylic acids is 1. The summed E-state index contributed by atoms with van der Waals surface area (Å²) >= 11 is 0. The van der Waals surface area contributed by atoms with Crippen LogP contribution in [0, 0.1) is 11.8 Å². The monoisotopic (exact) mass is 581 g/mol. The zero-order valence-corrected chi connectivity index (χ0v) is 22.9. The molecule has 4 N–H and O–H groups in total. The van der Waals surface area contributed by atoms with Crippen LogP contribution in [0.5, 0.6) is 0 Å². The molecule has 2 unspecified atom stereocenters. The molecule has 3 amide bonds. The molecule has 0 fully saturated rings. The molecule has 3 aromatic carbocycles. The molecule has 3 aromatic rings. The minimum absolute atomic E-state index is 0.00503. The van der Waals surface area contributed by atoms with Crippen LogP contribution in [0.4, 0.5) is 29.3 Å². The molecule has 11 heteroatoms. The molecule has 0 saturated heterocycles. The number of ketones is 1. The number of hydrogen-bond donors (Lipinski definition) is 4. The normalized spacial score (nSPS) is 15.5. The van der Waals surface area contributed by atoms with E-state index >= 15 is 0 Å². The van der Waals surface area contributed by atoms with E-state index in [2.05, 4.69) is 16.0 Å². The lowest BCUT2D eigenvalue weighted by Crippen LogP contribution is -2.45. The van der Waals surface area contributed by atoms with Gasteiger partial charge in [-0.05, 0) is 65.8 Å². The Labute approximate surface area is 240 Å². The predicted octanol–water partition coefficient (Wildman–Crippen LogP) is 6.38. The second kappa shape index (κ2) is 12.5. The zero-order valence-electron chi connectivity index (χ0n) is 22.9. The molecule has 0 aliphatic heterocycles. The number of carboxylic acids is 1. The first-order valence-electron chi connectivity index (χ1n) is 13.4. The Hall–Kier alpha value is -4.67. The number of anilines is 2. The first kappa shape index (κ1) is 30.3. The summed E-state index contributed by atoms with van der Waals surface area (Å²) in [6.45, 7) is 3.40. The predicted molar refractivity (Wildman–Crippen MR) is 151 cm³/mol. The van der Waals surface area contributed by atoms with E-state index in [9.17, 15) is 37.5 Å². The van der Waals surface area contributed by atoms with E-state index in [1.165, 1.54) is 12.1 Å². The molecule has 0 saturated carbocycles. The molecule has 0 bridgehead atoms. The van der Waals surface area contributed by atoms with Crippen LogP contribution >= 0.6 is 0 Å². The van der Waals surface area contributed by atoms with Crippen LogP contribution in [0.3, 0.4) is 0 Å². The van der Waals surface area contributed by atoms with Crippen LogP contribution in [-0.4, -0.2) is 34.8 Å². The van der Waals surface area contributed by atoms with Gasteiger partial charge < -0.3 is 21.1 Å². The van der Waals surface area contributed by atoms with Crippen LogP contribution in [0.15, 0.2) is 66.7 Å². The Morgan fingerprint density at radius 1 is 0.929 bits per heavy atom. The van der Waals surface area contributed by atoms with Crippen molar-refractivity contribution in [1.29, 1.82) is 0 Å². The van der Waals surface area contributed by atoms with Gasteiger partial charge in [0.15, 0.2) is 5.78 Å². The topological polar surface area (TPSA) is 125 Å². The van der Waals surface area contributed by atoms with E-state index in [1.54, 1.807) is 50.2 Å². The van der Waals surface area contributed by atoms with Crippen LogP contribution < -0.4 is 16.0 Å². The lowest BCUT2D eigenvalue weighted by atomic mass is 9.80. The summed E-state index contributed by atoms with van der Waals surface area (Å²) in [5.41, 5.74) is 2.62. The summed E-state index contributed by atoms with van der Waals surface area (Å²) in [5.74, 6) is -2.56. The van der Waals surface area contributed by atoms with Gasteiger partial charge in [-0.2, -0.15) is 13.2 Å². The van der Waals surface area contributed by atoms with Gasteiger partial charge in [0.1, 0.15) is 6.04 Å². The smallest absolute Gasteiger partial charge is 0.416 e. The van der Waals surface area contributed by atoms with E-state index in [0.29, 0.717) is 24.1 Å². The number of benzene rings is 3. The molecule has 0 heterocycles. The molecule has 4 rings (SSSR count). The highest BCUT2D eigenvalue weighted by Crippen LogP contribution is 2.33. The van der Waals surface area contributed by atoms with Gasteiger partial charge in [-0.1, -0.05) is 50.2 Å². The summed E-state index contributed by atoms with van der Waals surface area (Å²) < 4.78 is 38.7. The quantitative estimate of drug-likeness (QED) is 0.246. The van der Waals surface area contributed by atoms with E-state index in [4.69, 9.17) is 0 Å². The second-order valence-electron chi connectivity index (χ2n) is 10.5. The van der Waals surface area contributed by atoms with Crippen molar-refractivity contribution in [3.63, 3.8) is 0 Å². The van der Waals surface area contributed by atoms with Gasteiger partial charge in [0.05, 0.1) is 5.56 Å². The summed E-state index contributed by atoms with van der Waals surface area (Å²) in [4.78, 5) is 49.3. The number of amides is 3. The second-order valence-corrected chi connectivity index (χ2v) is 10.5. The SMILES string of the molecule is CC(C)C(NC(=O)CC1CCc2cc(-c3ccc(NC(=O)Nc4cccc(C(F)(F)F)c4)cc3)ccc2C1=O)C(=O)O. The molecule has 0 radical (unpaired) electrons. The zero-order chi connectivity index (χ0) is 30.6. The molecule has 8 nitrogen and oxygen atoms in total. The van der Waals surface area contributed by atoms with Crippen molar-refractivity contribution >= 4 is 35.1 Å². The third kappa shape index (κ3) is 7.34. The molecule has 0 aromatic heterocycles. The number of nitrogens with one attached hydrogen (secondary N) is 3. The van der Waals surface area contributed by atoms with Crippen molar-refractivity contribution in [3.8, 4) is 11.1 Å². The fourth-order valence-electron chi connectivity index (χ4n) is 4.88. The Kier molecular flexibility index (Phi) is 8.99. The number of carbonyl (C=O) groups is 4. The largest absolute Gasteiger partial charge is 0.480 e. The molecule has 1 aliphatic carbocycles. The van der Waals surface area contributed by atoms with Crippen LogP contribution in [-0.2, 0) is 22.2 Å². The van der Waals surface area contributed by atoms with Gasteiger partial charge in [0, 0.05) is 29.3 Å². The number of aryl methyl sites for hydroxylation is 1. The van der Waals surface area contributed by atoms with Crippen molar-refractivity contribution in [2.24, 2.45) is 11.8 Å². The van der Waals surface area contributed by atoms with Crippen molar-refractivity contribution in [2.45, 2.75) is 45.3 Å². The molecular weight excluding hydrogens is 551 g/mol. The standard InChI is InChI=1S/C31H30F3N3O5/c1-17(2)27(29(40)41)37-26(38)15-21-7-6-20-14-19(10-13-25(20)28(21)39)18-8-11-23(12-9-18)35-30(42)36-24-5-3-4-22(16-24)31(32,33)34/h3-5,8-14,16-17,21,27H,6-7,15H2,1-2H3,(H,37,38)(H,40,41)(H2,35,36,42). The molecule has 0 spiro atoms. The van der Waals surface area contributed by atoms with E-state index < -0.39 is 41.6 Å². The number of rotatable bonds is 8. The Morgan fingerprint density at radius 3 is 2.24 bits per heavy atom. The van der Waals surface area contributed by atoms with Crippen LogP contribution in [0.25, 0.3) is 11.1 Å². The lowest BCUT2D eigenvalue weighted by molar-refractivity contribution is -0.143. The van der Waals surface area contributed by atoms with Crippen molar-refractivity contribution in [2.75, 3.05) is 10.6 Å². The molecule has 42 heavy (non-hydrogen) atoms.